The minimum atomic E-state index is -0.689. The number of nitrogens with zero attached hydrogens (tertiary/aromatic N) is 1. The molecule has 4 nitrogen and oxygen atoms in total. The Kier molecular flexibility index (Phi) is 5.25. The summed E-state index contributed by atoms with van der Waals surface area (Å²) in [6.45, 7) is 6.31. The molecule has 0 spiro atoms. The molecule has 0 amide bonds. The highest BCUT2D eigenvalue weighted by Gasteiger charge is 2.13. The van der Waals surface area contributed by atoms with Crippen molar-refractivity contribution in [2.45, 2.75) is 26.4 Å². The zero-order valence-electron chi connectivity index (χ0n) is 10.6. The number of hydrogen-bond donors (Lipinski definition) is 3. The van der Waals surface area contributed by atoms with Crippen molar-refractivity contribution in [2.24, 2.45) is 5.73 Å². The first-order valence-electron chi connectivity index (χ1n) is 6.10. The number of aliphatic hydroxyl groups is 1. The molecule has 1 aromatic rings. The Labute approximate surface area is 103 Å². The molecule has 0 radical (unpaired) electrons. The first-order chi connectivity index (χ1) is 8.13. The number of rotatable bonds is 6. The van der Waals surface area contributed by atoms with Gasteiger partial charge >= 0.3 is 0 Å². The van der Waals surface area contributed by atoms with Crippen LogP contribution in [0.3, 0.4) is 0 Å². The van der Waals surface area contributed by atoms with Crippen molar-refractivity contribution in [3.63, 3.8) is 0 Å². The highest BCUT2D eigenvalue weighted by Crippen LogP contribution is 2.30. The molecule has 96 valence electrons. The highest BCUT2D eigenvalue weighted by atomic mass is 16.3. The Bertz CT molecular complexity index is 351. The predicted molar refractivity (Wildman–Crippen MR) is 70.3 cm³/mol. The van der Waals surface area contributed by atoms with Gasteiger partial charge in [0.05, 0.1) is 6.10 Å². The van der Waals surface area contributed by atoms with Gasteiger partial charge < -0.3 is 20.8 Å². The quantitative estimate of drug-likeness (QED) is 0.704. The van der Waals surface area contributed by atoms with E-state index < -0.39 is 6.10 Å². The number of phenols is 1. The van der Waals surface area contributed by atoms with Crippen molar-refractivity contribution in [3.8, 4) is 5.75 Å². The van der Waals surface area contributed by atoms with Crippen molar-refractivity contribution < 1.29 is 10.2 Å². The molecule has 1 unspecified atom stereocenters. The zero-order valence-corrected chi connectivity index (χ0v) is 10.6. The first kappa shape index (κ1) is 13.8. The molecule has 4 heteroatoms. The molecule has 0 aliphatic carbocycles. The van der Waals surface area contributed by atoms with Gasteiger partial charge in [0.2, 0.25) is 0 Å². The summed E-state index contributed by atoms with van der Waals surface area (Å²) >= 11 is 0. The maximum atomic E-state index is 9.90. The van der Waals surface area contributed by atoms with Crippen LogP contribution in [0.25, 0.3) is 0 Å². The Hall–Kier alpha value is -1.26. The molecule has 0 saturated carbocycles. The number of phenolic OH excluding ortho intramolecular Hbond substituents is 1. The molecule has 0 aromatic heterocycles. The van der Waals surface area contributed by atoms with Gasteiger partial charge in [-0.1, -0.05) is 6.07 Å². The number of aromatic hydroxyl groups is 1. The third-order valence-electron chi connectivity index (χ3n) is 2.94. The van der Waals surface area contributed by atoms with Crippen LogP contribution in [0.5, 0.6) is 5.75 Å². The summed E-state index contributed by atoms with van der Waals surface area (Å²) in [5.41, 5.74) is 6.90. The van der Waals surface area contributed by atoms with E-state index in [0.29, 0.717) is 18.5 Å². The zero-order chi connectivity index (χ0) is 12.8. The van der Waals surface area contributed by atoms with Gasteiger partial charge in [0.25, 0.3) is 0 Å². The molecule has 1 rings (SSSR count). The lowest BCUT2D eigenvalue weighted by atomic mass is 10.0. The average molecular weight is 238 g/mol. The van der Waals surface area contributed by atoms with E-state index >= 15 is 0 Å². The van der Waals surface area contributed by atoms with Crippen LogP contribution in [-0.4, -0.2) is 29.8 Å². The summed E-state index contributed by atoms with van der Waals surface area (Å²) in [6, 6.07) is 5.38. The largest absolute Gasteiger partial charge is 0.507 e. The third kappa shape index (κ3) is 3.35. The van der Waals surface area contributed by atoms with E-state index in [1.54, 1.807) is 12.1 Å². The van der Waals surface area contributed by atoms with Crippen molar-refractivity contribution in [1.82, 2.24) is 0 Å². The van der Waals surface area contributed by atoms with Crippen molar-refractivity contribution in [2.75, 3.05) is 24.5 Å². The van der Waals surface area contributed by atoms with Crippen molar-refractivity contribution >= 4 is 5.69 Å². The number of aliphatic hydroxyl groups excluding tert-OH is 1. The van der Waals surface area contributed by atoms with E-state index in [4.69, 9.17) is 5.73 Å². The second-order valence-corrected chi connectivity index (χ2v) is 4.01. The molecular formula is C13H22N2O2. The van der Waals surface area contributed by atoms with Crippen molar-refractivity contribution in [3.05, 3.63) is 23.8 Å². The molecule has 0 heterocycles. The minimum absolute atomic E-state index is 0.135. The van der Waals surface area contributed by atoms with Crippen LogP contribution in [0, 0.1) is 0 Å². The number of benzene rings is 1. The van der Waals surface area contributed by atoms with E-state index in [1.807, 2.05) is 6.07 Å². The summed E-state index contributed by atoms with van der Waals surface area (Å²) in [6.07, 6.45) is -0.233. The Morgan fingerprint density at radius 2 is 1.94 bits per heavy atom. The van der Waals surface area contributed by atoms with Gasteiger partial charge in [-0.3, -0.25) is 0 Å². The smallest absolute Gasteiger partial charge is 0.123 e. The van der Waals surface area contributed by atoms with Crippen LogP contribution in [-0.2, 0) is 0 Å². The summed E-state index contributed by atoms with van der Waals surface area (Å²) < 4.78 is 0. The molecule has 17 heavy (non-hydrogen) atoms. The highest BCUT2D eigenvalue weighted by molar-refractivity contribution is 5.53. The third-order valence-corrected chi connectivity index (χ3v) is 2.94. The Balaban J connectivity index is 2.92. The lowest BCUT2D eigenvalue weighted by Gasteiger charge is -2.22. The summed E-state index contributed by atoms with van der Waals surface area (Å²) in [5.74, 6) is 0.135. The molecule has 4 N–H and O–H groups in total. The number of anilines is 1. The second kappa shape index (κ2) is 6.47. The van der Waals surface area contributed by atoms with Gasteiger partial charge in [-0.15, -0.1) is 0 Å². The maximum absolute atomic E-state index is 9.90. The monoisotopic (exact) mass is 238 g/mol. The van der Waals surface area contributed by atoms with E-state index in [0.717, 1.165) is 18.8 Å². The molecule has 0 fully saturated rings. The predicted octanol–water partition coefficient (Wildman–Crippen LogP) is 1.62. The van der Waals surface area contributed by atoms with Crippen LogP contribution in [0.2, 0.25) is 0 Å². The number of hydrogen-bond acceptors (Lipinski definition) is 4. The van der Waals surface area contributed by atoms with Crippen LogP contribution >= 0.6 is 0 Å². The standard InChI is InChI=1S/C13H22N2O2/c1-3-15(4-2)10-5-6-11(13(17)9-10)12(16)7-8-14/h5-6,9,12,16-17H,3-4,7-8,14H2,1-2H3. The molecule has 0 aliphatic rings. The van der Waals surface area contributed by atoms with Crippen LogP contribution in [0.4, 0.5) is 5.69 Å². The summed E-state index contributed by atoms with van der Waals surface area (Å²) in [7, 11) is 0. The lowest BCUT2D eigenvalue weighted by Crippen LogP contribution is -2.21. The minimum Gasteiger partial charge on any atom is -0.507 e. The fraction of sp³-hybridized carbons (Fsp3) is 0.538. The van der Waals surface area contributed by atoms with Gasteiger partial charge in [0.1, 0.15) is 5.75 Å². The summed E-state index contributed by atoms with van der Waals surface area (Å²) in [4.78, 5) is 2.14. The molecule has 0 aliphatic heterocycles. The molecular weight excluding hydrogens is 216 g/mol. The number of nitrogens with two attached hydrogens (primary N) is 1. The van der Waals surface area contributed by atoms with Gasteiger partial charge in [0.15, 0.2) is 0 Å². The fourth-order valence-corrected chi connectivity index (χ4v) is 1.91. The van der Waals surface area contributed by atoms with Crippen LogP contribution in [0.15, 0.2) is 18.2 Å². The van der Waals surface area contributed by atoms with Crippen molar-refractivity contribution in [1.29, 1.82) is 0 Å². The SMILES string of the molecule is CCN(CC)c1ccc(C(O)CCN)c(O)c1. The van der Waals surface area contributed by atoms with E-state index in [9.17, 15) is 10.2 Å². The normalized spacial score (nSPS) is 12.5. The molecule has 0 bridgehead atoms. The van der Waals surface area contributed by atoms with Gasteiger partial charge in [0, 0.05) is 30.4 Å². The Morgan fingerprint density at radius 1 is 1.29 bits per heavy atom. The second-order valence-electron chi connectivity index (χ2n) is 4.01. The molecule has 0 saturated heterocycles. The molecule has 1 atom stereocenters. The van der Waals surface area contributed by atoms with Crippen LogP contribution in [0.1, 0.15) is 31.9 Å². The lowest BCUT2D eigenvalue weighted by molar-refractivity contribution is 0.166. The van der Waals surface area contributed by atoms with E-state index in [-0.39, 0.29) is 5.75 Å². The topological polar surface area (TPSA) is 69.7 Å². The molecule has 1 aromatic carbocycles. The fourth-order valence-electron chi connectivity index (χ4n) is 1.91. The average Bonchev–Trinajstić information content (AvgIpc) is 2.31. The maximum Gasteiger partial charge on any atom is 0.123 e. The van der Waals surface area contributed by atoms with Gasteiger partial charge in [-0.25, -0.2) is 0 Å². The summed E-state index contributed by atoms with van der Waals surface area (Å²) in [5, 5.41) is 19.7. The van der Waals surface area contributed by atoms with Gasteiger partial charge in [-0.2, -0.15) is 0 Å². The Morgan fingerprint density at radius 3 is 2.41 bits per heavy atom. The van der Waals surface area contributed by atoms with E-state index in [1.165, 1.54) is 0 Å². The van der Waals surface area contributed by atoms with Gasteiger partial charge in [-0.05, 0) is 32.9 Å². The van der Waals surface area contributed by atoms with E-state index in [2.05, 4.69) is 18.7 Å². The first-order valence-corrected chi connectivity index (χ1v) is 6.10. The van der Waals surface area contributed by atoms with Crippen LogP contribution < -0.4 is 10.6 Å².